The summed E-state index contributed by atoms with van der Waals surface area (Å²) < 4.78 is 40.9. The molecule has 0 saturated heterocycles. The lowest BCUT2D eigenvalue weighted by Gasteiger charge is -2.26. The maximum absolute atomic E-state index is 13.2. The van der Waals surface area contributed by atoms with Crippen LogP contribution in [0.3, 0.4) is 0 Å². The maximum Gasteiger partial charge on any atom is 0.419 e. The summed E-state index contributed by atoms with van der Waals surface area (Å²) in [7, 11) is 0. The van der Waals surface area contributed by atoms with Gasteiger partial charge >= 0.3 is 6.18 Å². The molecule has 150 valence electrons. The topological polar surface area (TPSA) is 107 Å². The highest BCUT2D eigenvalue weighted by atomic mass is 35.5. The minimum absolute atomic E-state index is 0.0497. The molecule has 1 fully saturated rings. The summed E-state index contributed by atoms with van der Waals surface area (Å²) in [6.07, 6.45) is 0.360. The van der Waals surface area contributed by atoms with Crippen LogP contribution in [0.1, 0.15) is 31.2 Å². The van der Waals surface area contributed by atoms with Crippen LogP contribution in [0.4, 0.5) is 24.1 Å². The van der Waals surface area contributed by atoms with Crippen LogP contribution in [-0.4, -0.2) is 31.7 Å². The maximum atomic E-state index is 13.2. The average Bonchev–Trinajstić information content (AvgIpc) is 3.12. The molecular formula is C16H17ClF3N7S. The minimum Gasteiger partial charge on any atom is -0.383 e. The summed E-state index contributed by atoms with van der Waals surface area (Å²) in [4.78, 5) is 8.35. The van der Waals surface area contributed by atoms with E-state index in [1.165, 1.54) is 22.0 Å². The predicted octanol–water partition coefficient (Wildman–Crippen LogP) is 3.79. The number of nitrogens with zero attached hydrogens (tertiary/aromatic N) is 4. The summed E-state index contributed by atoms with van der Waals surface area (Å²) in [6, 6.07) is 1.40. The molecule has 4 rings (SSSR count). The molecule has 0 amide bonds. The molecule has 0 aromatic carbocycles. The number of rotatable bonds is 3. The number of nitrogens with one attached hydrogen (secondary N) is 1. The first-order chi connectivity index (χ1) is 13.2. The van der Waals surface area contributed by atoms with E-state index >= 15 is 0 Å². The van der Waals surface area contributed by atoms with E-state index in [1.807, 2.05) is 0 Å². The number of hydrogen-bond acceptors (Lipinski definition) is 7. The SMILES string of the molecule is Nc1ncc(-c2c(Cl)nc3sc(N[C@H]4CC[C@H](N)CC4)nn23)cc1C(F)(F)F. The molecule has 3 aromatic heterocycles. The number of fused-ring (bicyclic) bond motifs is 1. The van der Waals surface area contributed by atoms with Gasteiger partial charge in [0.15, 0.2) is 5.15 Å². The third-order valence-electron chi connectivity index (χ3n) is 4.76. The van der Waals surface area contributed by atoms with Crippen molar-refractivity contribution < 1.29 is 13.2 Å². The van der Waals surface area contributed by atoms with Crippen molar-refractivity contribution in [2.45, 2.75) is 43.9 Å². The predicted molar refractivity (Wildman–Crippen MR) is 102 cm³/mol. The number of imidazole rings is 1. The summed E-state index contributed by atoms with van der Waals surface area (Å²) in [5.41, 5.74) is 10.7. The second kappa shape index (κ2) is 7.05. The second-order valence-corrected chi connectivity index (χ2v) is 8.08. The van der Waals surface area contributed by atoms with Gasteiger partial charge in [0.1, 0.15) is 11.5 Å². The van der Waals surface area contributed by atoms with Gasteiger partial charge in [-0.1, -0.05) is 22.9 Å². The zero-order valence-corrected chi connectivity index (χ0v) is 16.1. The highest BCUT2D eigenvalue weighted by Gasteiger charge is 2.34. The van der Waals surface area contributed by atoms with Crippen LogP contribution >= 0.6 is 22.9 Å². The van der Waals surface area contributed by atoms with Crippen molar-refractivity contribution in [3.8, 4) is 11.3 Å². The van der Waals surface area contributed by atoms with Gasteiger partial charge in [-0.15, -0.1) is 5.10 Å². The number of hydrogen-bond donors (Lipinski definition) is 3. The Balaban J connectivity index is 1.68. The van der Waals surface area contributed by atoms with E-state index in [0.29, 0.717) is 10.1 Å². The van der Waals surface area contributed by atoms with E-state index < -0.39 is 17.6 Å². The third kappa shape index (κ3) is 3.61. The number of nitrogen functional groups attached to an aromatic ring is 1. The molecule has 0 bridgehead atoms. The second-order valence-electron chi connectivity index (χ2n) is 6.76. The number of nitrogens with two attached hydrogens (primary N) is 2. The van der Waals surface area contributed by atoms with E-state index in [1.54, 1.807) is 0 Å². The molecule has 28 heavy (non-hydrogen) atoms. The van der Waals surface area contributed by atoms with Crippen LogP contribution in [0.5, 0.6) is 0 Å². The van der Waals surface area contributed by atoms with Crippen LogP contribution in [-0.2, 0) is 6.18 Å². The molecule has 3 aromatic rings. The van der Waals surface area contributed by atoms with Gasteiger partial charge in [0, 0.05) is 23.8 Å². The van der Waals surface area contributed by atoms with E-state index in [2.05, 4.69) is 20.4 Å². The molecule has 1 aliphatic carbocycles. The van der Waals surface area contributed by atoms with Gasteiger partial charge in [0.2, 0.25) is 10.1 Å². The molecule has 5 N–H and O–H groups in total. The van der Waals surface area contributed by atoms with Crippen molar-refractivity contribution in [2.24, 2.45) is 5.73 Å². The molecule has 0 spiro atoms. The van der Waals surface area contributed by atoms with E-state index in [4.69, 9.17) is 23.1 Å². The molecular weight excluding hydrogens is 415 g/mol. The molecule has 1 saturated carbocycles. The lowest BCUT2D eigenvalue weighted by atomic mass is 9.92. The van der Waals surface area contributed by atoms with Crippen LogP contribution < -0.4 is 16.8 Å². The first-order valence-corrected chi connectivity index (χ1v) is 9.82. The molecule has 1 aliphatic rings. The summed E-state index contributed by atoms with van der Waals surface area (Å²) in [5.74, 6) is -0.593. The lowest BCUT2D eigenvalue weighted by molar-refractivity contribution is -0.137. The Morgan fingerprint density at radius 3 is 2.64 bits per heavy atom. The Morgan fingerprint density at radius 1 is 1.25 bits per heavy atom. The standard InChI is InChI=1S/C16H17ClF3N7S/c17-12-11(7-5-10(16(18,19)20)13(22)23-6-7)27-15(25-12)28-14(26-27)24-9-3-1-8(21)2-4-9/h5-6,8-9H,1-4,21H2,(H2,22,23)(H,24,26)/t8-,9-. The Hall–Kier alpha value is -2.11. The van der Waals surface area contributed by atoms with Gasteiger partial charge < -0.3 is 16.8 Å². The lowest BCUT2D eigenvalue weighted by Crippen LogP contribution is -2.32. The van der Waals surface area contributed by atoms with Crippen molar-refractivity contribution in [1.29, 1.82) is 0 Å². The zero-order valence-electron chi connectivity index (χ0n) is 14.5. The number of halogens is 4. The first-order valence-electron chi connectivity index (χ1n) is 8.62. The fraction of sp³-hybridized carbons (Fsp3) is 0.438. The summed E-state index contributed by atoms with van der Waals surface area (Å²) in [5, 5.41) is 8.47. The van der Waals surface area contributed by atoms with Crippen LogP contribution in [0.15, 0.2) is 12.3 Å². The Morgan fingerprint density at radius 2 is 1.96 bits per heavy atom. The summed E-state index contributed by atoms with van der Waals surface area (Å²) in [6.45, 7) is 0. The van der Waals surface area contributed by atoms with Gasteiger partial charge in [-0.05, 0) is 31.7 Å². The number of aromatic nitrogens is 4. The average molecular weight is 432 g/mol. The number of pyridine rings is 1. The fourth-order valence-electron chi connectivity index (χ4n) is 3.29. The van der Waals surface area contributed by atoms with Crippen molar-refractivity contribution in [3.63, 3.8) is 0 Å². The van der Waals surface area contributed by atoms with Gasteiger partial charge in [-0.2, -0.15) is 17.7 Å². The van der Waals surface area contributed by atoms with Crippen LogP contribution in [0.25, 0.3) is 16.2 Å². The molecule has 12 heteroatoms. The van der Waals surface area contributed by atoms with Gasteiger partial charge in [0.05, 0.1) is 5.56 Å². The largest absolute Gasteiger partial charge is 0.419 e. The zero-order chi connectivity index (χ0) is 20.1. The van der Waals surface area contributed by atoms with Crippen LogP contribution in [0.2, 0.25) is 5.15 Å². The fourth-order valence-corrected chi connectivity index (χ4v) is 4.49. The molecule has 0 radical (unpaired) electrons. The molecule has 3 heterocycles. The number of anilines is 2. The quantitative estimate of drug-likeness (QED) is 0.582. The smallest absolute Gasteiger partial charge is 0.383 e. The summed E-state index contributed by atoms with van der Waals surface area (Å²) >= 11 is 7.45. The highest BCUT2D eigenvalue weighted by Crippen LogP contribution is 2.38. The third-order valence-corrected chi connectivity index (χ3v) is 5.86. The van der Waals surface area contributed by atoms with E-state index in [9.17, 15) is 13.2 Å². The Bertz CT molecular complexity index is 1010. The van der Waals surface area contributed by atoms with Crippen molar-refractivity contribution in [1.82, 2.24) is 19.6 Å². The number of alkyl halides is 3. The van der Waals surface area contributed by atoms with Crippen molar-refractivity contribution >= 4 is 38.8 Å². The normalized spacial score (nSPS) is 20.6. The highest BCUT2D eigenvalue weighted by molar-refractivity contribution is 7.20. The van der Waals surface area contributed by atoms with E-state index in [-0.39, 0.29) is 28.5 Å². The van der Waals surface area contributed by atoms with Gasteiger partial charge in [-0.3, -0.25) is 0 Å². The van der Waals surface area contributed by atoms with E-state index in [0.717, 1.165) is 31.7 Å². The van der Waals surface area contributed by atoms with Crippen molar-refractivity contribution in [2.75, 3.05) is 11.1 Å². The molecule has 0 atom stereocenters. The minimum atomic E-state index is -4.63. The Kier molecular flexibility index (Phi) is 4.84. The molecule has 0 unspecified atom stereocenters. The van der Waals surface area contributed by atoms with Gasteiger partial charge in [0.25, 0.3) is 0 Å². The first kappa shape index (κ1) is 19.2. The molecule has 7 nitrogen and oxygen atoms in total. The van der Waals surface area contributed by atoms with Crippen LogP contribution in [0, 0.1) is 0 Å². The monoisotopic (exact) mass is 431 g/mol. The van der Waals surface area contributed by atoms with Crippen molar-refractivity contribution in [3.05, 3.63) is 23.0 Å². The van der Waals surface area contributed by atoms with Gasteiger partial charge in [-0.25, -0.2) is 9.97 Å². The molecule has 0 aliphatic heterocycles. The Labute approximate surface area is 166 Å².